The molecule has 0 fully saturated rings. The number of aromatic carboxylic acids is 1. The lowest BCUT2D eigenvalue weighted by Crippen LogP contribution is -2.09. The molecule has 0 aliphatic carbocycles. The van der Waals surface area contributed by atoms with Crippen molar-refractivity contribution in [3.63, 3.8) is 0 Å². The Balaban J connectivity index is 2.27. The summed E-state index contributed by atoms with van der Waals surface area (Å²) in [5.74, 6) is -0.984. The van der Waals surface area contributed by atoms with Crippen molar-refractivity contribution in [2.45, 2.75) is 12.8 Å². The smallest absolute Gasteiger partial charge is 0.337 e. The predicted octanol–water partition coefficient (Wildman–Crippen LogP) is 1.82. The summed E-state index contributed by atoms with van der Waals surface area (Å²) in [5, 5.41) is 12.2. The van der Waals surface area contributed by atoms with Crippen LogP contribution in [0.25, 0.3) is 0 Å². The number of hydrogen-bond acceptors (Lipinski definition) is 5. The molecule has 0 aliphatic heterocycles. The van der Waals surface area contributed by atoms with Crippen LogP contribution in [0.5, 0.6) is 0 Å². The highest BCUT2D eigenvalue weighted by atomic mass is 16.5. The van der Waals surface area contributed by atoms with Crippen molar-refractivity contribution in [2.75, 3.05) is 44.5 Å². The van der Waals surface area contributed by atoms with E-state index in [2.05, 4.69) is 5.32 Å². The van der Waals surface area contributed by atoms with Crippen molar-refractivity contribution in [3.8, 4) is 0 Å². The number of hydrogen-bond donors (Lipinski definition) is 3. The van der Waals surface area contributed by atoms with Crippen LogP contribution < -0.4 is 11.1 Å². The molecule has 0 aliphatic rings. The molecule has 0 aromatic heterocycles. The lowest BCUT2D eigenvalue weighted by Gasteiger charge is -2.10. The first-order valence-electron chi connectivity index (χ1n) is 6.58. The molecular formula is C14H22N2O4. The molecule has 0 amide bonds. The summed E-state index contributed by atoms with van der Waals surface area (Å²) in [6.07, 6.45) is 1.81. The highest BCUT2D eigenvalue weighted by Crippen LogP contribution is 2.18. The molecule has 20 heavy (non-hydrogen) atoms. The number of carboxylic acids is 1. The molecule has 1 rings (SSSR count). The number of rotatable bonds is 10. The molecule has 112 valence electrons. The van der Waals surface area contributed by atoms with Crippen LogP contribution in [-0.2, 0) is 9.47 Å². The van der Waals surface area contributed by atoms with E-state index in [1.54, 1.807) is 19.2 Å². The van der Waals surface area contributed by atoms with E-state index in [-0.39, 0.29) is 5.56 Å². The molecule has 0 spiro atoms. The van der Waals surface area contributed by atoms with Crippen LogP contribution in [-0.4, -0.2) is 44.6 Å². The molecule has 0 radical (unpaired) electrons. The third-order valence-electron chi connectivity index (χ3n) is 2.74. The van der Waals surface area contributed by atoms with Crippen molar-refractivity contribution < 1.29 is 19.4 Å². The standard InChI is InChI=1S/C14H22N2O4/c1-19-8-9-20-7-3-2-6-16-13-5-4-11(15)10-12(13)14(17)18/h4-5,10,16H,2-3,6-9,15H2,1H3,(H,17,18). The molecule has 0 heterocycles. The van der Waals surface area contributed by atoms with E-state index in [1.807, 2.05) is 0 Å². The third-order valence-corrected chi connectivity index (χ3v) is 2.74. The van der Waals surface area contributed by atoms with Gasteiger partial charge in [-0.05, 0) is 31.0 Å². The van der Waals surface area contributed by atoms with Gasteiger partial charge in [0.2, 0.25) is 0 Å². The van der Waals surface area contributed by atoms with Crippen molar-refractivity contribution in [1.82, 2.24) is 0 Å². The predicted molar refractivity (Wildman–Crippen MR) is 78.2 cm³/mol. The number of carbonyl (C=O) groups is 1. The maximum Gasteiger partial charge on any atom is 0.337 e. The minimum absolute atomic E-state index is 0.196. The molecule has 0 unspecified atom stereocenters. The van der Waals surface area contributed by atoms with Gasteiger partial charge in [-0.2, -0.15) is 0 Å². The summed E-state index contributed by atoms with van der Waals surface area (Å²) in [5.41, 5.74) is 6.81. The van der Waals surface area contributed by atoms with Gasteiger partial charge >= 0.3 is 5.97 Å². The topological polar surface area (TPSA) is 93.8 Å². The Morgan fingerprint density at radius 3 is 2.80 bits per heavy atom. The summed E-state index contributed by atoms with van der Waals surface area (Å²) < 4.78 is 10.2. The Hall–Kier alpha value is -1.79. The lowest BCUT2D eigenvalue weighted by molar-refractivity contribution is 0.0690. The van der Waals surface area contributed by atoms with E-state index >= 15 is 0 Å². The van der Waals surface area contributed by atoms with E-state index in [0.717, 1.165) is 12.8 Å². The highest BCUT2D eigenvalue weighted by Gasteiger charge is 2.09. The summed E-state index contributed by atoms with van der Waals surface area (Å²) in [4.78, 5) is 11.1. The van der Waals surface area contributed by atoms with Gasteiger partial charge < -0.3 is 25.6 Å². The van der Waals surface area contributed by atoms with Gasteiger partial charge in [-0.15, -0.1) is 0 Å². The molecule has 0 bridgehead atoms. The van der Waals surface area contributed by atoms with Gasteiger partial charge in [0, 0.05) is 31.6 Å². The second kappa shape index (κ2) is 9.17. The first-order chi connectivity index (χ1) is 9.65. The Kier molecular flexibility index (Phi) is 7.46. The average molecular weight is 282 g/mol. The van der Waals surface area contributed by atoms with Crippen LogP contribution >= 0.6 is 0 Å². The van der Waals surface area contributed by atoms with Crippen LogP contribution in [0, 0.1) is 0 Å². The van der Waals surface area contributed by atoms with E-state index in [1.165, 1.54) is 6.07 Å². The van der Waals surface area contributed by atoms with Gasteiger partial charge in [0.1, 0.15) is 0 Å². The summed E-state index contributed by atoms with van der Waals surface area (Å²) in [7, 11) is 1.64. The number of carboxylic acid groups (broad SMARTS) is 1. The highest BCUT2D eigenvalue weighted by molar-refractivity contribution is 5.95. The number of anilines is 2. The molecule has 6 heteroatoms. The van der Waals surface area contributed by atoms with Gasteiger partial charge in [-0.25, -0.2) is 4.79 Å². The fraction of sp³-hybridized carbons (Fsp3) is 0.500. The fourth-order valence-electron chi connectivity index (χ4n) is 1.69. The molecule has 4 N–H and O–H groups in total. The first-order valence-corrected chi connectivity index (χ1v) is 6.58. The Morgan fingerprint density at radius 1 is 1.30 bits per heavy atom. The van der Waals surface area contributed by atoms with E-state index in [0.29, 0.717) is 37.7 Å². The van der Waals surface area contributed by atoms with E-state index in [4.69, 9.17) is 20.3 Å². The Labute approximate surface area is 118 Å². The van der Waals surface area contributed by atoms with Crippen LogP contribution in [0.3, 0.4) is 0 Å². The maximum absolute atomic E-state index is 11.1. The van der Waals surface area contributed by atoms with Crippen LogP contribution in [0.15, 0.2) is 18.2 Å². The molecule has 0 saturated heterocycles. The fourth-order valence-corrected chi connectivity index (χ4v) is 1.69. The van der Waals surface area contributed by atoms with Gasteiger partial charge in [-0.1, -0.05) is 0 Å². The van der Waals surface area contributed by atoms with Gasteiger partial charge in [0.15, 0.2) is 0 Å². The minimum atomic E-state index is -0.984. The number of nitrogens with two attached hydrogens (primary N) is 1. The largest absolute Gasteiger partial charge is 0.478 e. The first kappa shape index (κ1) is 16.3. The lowest BCUT2D eigenvalue weighted by atomic mass is 10.1. The van der Waals surface area contributed by atoms with E-state index < -0.39 is 5.97 Å². The SMILES string of the molecule is COCCOCCCCNc1ccc(N)cc1C(=O)O. The molecule has 1 aromatic carbocycles. The Morgan fingerprint density at radius 2 is 2.10 bits per heavy atom. The molecular weight excluding hydrogens is 260 g/mol. The normalized spacial score (nSPS) is 10.4. The van der Waals surface area contributed by atoms with Crippen molar-refractivity contribution >= 4 is 17.3 Å². The maximum atomic E-state index is 11.1. The van der Waals surface area contributed by atoms with Crippen LogP contribution in [0.2, 0.25) is 0 Å². The number of nitrogen functional groups attached to an aromatic ring is 1. The van der Waals surface area contributed by atoms with Gasteiger partial charge in [-0.3, -0.25) is 0 Å². The van der Waals surface area contributed by atoms with Gasteiger partial charge in [0.05, 0.1) is 18.8 Å². The summed E-state index contributed by atoms with van der Waals surface area (Å²) >= 11 is 0. The summed E-state index contributed by atoms with van der Waals surface area (Å²) in [6, 6.07) is 4.83. The zero-order valence-corrected chi connectivity index (χ0v) is 11.7. The number of benzene rings is 1. The second-order valence-electron chi connectivity index (χ2n) is 4.35. The molecule has 6 nitrogen and oxygen atoms in total. The second-order valence-corrected chi connectivity index (χ2v) is 4.35. The number of unbranched alkanes of at least 4 members (excludes halogenated alkanes) is 1. The average Bonchev–Trinajstić information content (AvgIpc) is 2.43. The van der Waals surface area contributed by atoms with Crippen molar-refractivity contribution in [1.29, 1.82) is 0 Å². The van der Waals surface area contributed by atoms with Crippen molar-refractivity contribution in [2.24, 2.45) is 0 Å². The van der Waals surface area contributed by atoms with Crippen molar-refractivity contribution in [3.05, 3.63) is 23.8 Å². The number of methoxy groups -OCH3 is 1. The Bertz CT molecular complexity index is 424. The third kappa shape index (κ3) is 5.90. The number of nitrogens with one attached hydrogen (secondary N) is 1. The van der Waals surface area contributed by atoms with Crippen LogP contribution in [0.1, 0.15) is 23.2 Å². The number of ether oxygens (including phenoxy) is 2. The summed E-state index contributed by atoms with van der Waals surface area (Å²) in [6.45, 7) is 2.58. The molecule has 0 atom stereocenters. The zero-order valence-electron chi connectivity index (χ0n) is 11.7. The zero-order chi connectivity index (χ0) is 14.8. The molecule has 0 saturated carbocycles. The minimum Gasteiger partial charge on any atom is -0.478 e. The quantitative estimate of drug-likeness (QED) is 0.448. The molecule has 1 aromatic rings. The van der Waals surface area contributed by atoms with Crippen LogP contribution in [0.4, 0.5) is 11.4 Å². The van der Waals surface area contributed by atoms with E-state index in [9.17, 15) is 4.79 Å². The monoisotopic (exact) mass is 282 g/mol. The van der Waals surface area contributed by atoms with Gasteiger partial charge in [0.25, 0.3) is 0 Å².